The highest BCUT2D eigenvalue weighted by Gasteiger charge is 2.14. The fourth-order valence-electron chi connectivity index (χ4n) is 2.04. The number of aryl methyl sites for hydroxylation is 1. The van der Waals surface area contributed by atoms with Crippen LogP contribution in [-0.2, 0) is 0 Å². The van der Waals surface area contributed by atoms with Crippen molar-refractivity contribution in [3.63, 3.8) is 0 Å². The Kier molecular flexibility index (Phi) is 3.51. The molecule has 0 unspecified atom stereocenters. The van der Waals surface area contributed by atoms with E-state index in [1.165, 1.54) is 0 Å². The molecular weight excluding hydrogens is 264 g/mol. The third-order valence-corrected chi connectivity index (χ3v) is 3.08. The van der Waals surface area contributed by atoms with Gasteiger partial charge in [-0.1, -0.05) is 47.6 Å². The molecule has 3 rings (SSSR count). The molecule has 0 atom stereocenters. The predicted molar refractivity (Wildman–Crippen MR) is 81.1 cm³/mol. The van der Waals surface area contributed by atoms with Gasteiger partial charge in [0.05, 0.1) is 0 Å². The molecule has 0 aliphatic heterocycles. The van der Waals surface area contributed by atoms with Gasteiger partial charge in [0.25, 0.3) is 5.91 Å². The number of carbonyl (C=O) groups excluding carboxylic acids is 1. The van der Waals surface area contributed by atoms with Crippen LogP contribution in [0.5, 0.6) is 0 Å². The molecule has 0 saturated carbocycles. The van der Waals surface area contributed by atoms with Crippen LogP contribution < -0.4 is 5.32 Å². The van der Waals surface area contributed by atoms with Crippen LogP contribution in [0.1, 0.15) is 16.1 Å². The quantitative estimate of drug-likeness (QED) is 0.790. The number of nitrogens with zero attached hydrogens (tertiary/aromatic N) is 1. The first-order chi connectivity index (χ1) is 10.2. The van der Waals surface area contributed by atoms with Gasteiger partial charge in [0.2, 0.25) is 5.76 Å². The molecule has 0 spiro atoms. The van der Waals surface area contributed by atoms with E-state index in [-0.39, 0.29) is 11.7 Å². The van der Waals surface area contributed by atoms with E-state index in [4.69, 9.17) is 4.52 Å². The Morgan fingerprint density at radius 1 is 1.05 bits per heavy atom. The van der Waals surface area contributed by atoms with Crippen LogP contribution in [0.4, 0.5) is 5.69 Å². The average molecular weight is 278 g/mol. The standard InChI is InChI=1S/C17H14N2O2/c1-12-6-5-9-14(10-12)18-17(20)16-11-15(19-21-16)13-7-3-2-4-8-13/h2-11H,1H3,(H,18,20). The highest BCUT2D eigenvalue weighted by Crippen LogP contribution is 2.19. The van der Waals surface area contributed by atoms with Gasteiger partial charge >= 0.3 is 0 Å². The van der Waals surface area contributed by atoms with Crippen molar-refractivity contribution in [2.24, 2.45) is 0 Å². The first-order valence-electron chi connectivity index (χ1n) is 6.62. The van der Waals surface area contributed by atoms with Crippen molar-refractivity contribution in [2.45, 2.75) is 6.92 Å². The minimum Gasteiger partial charge on any atom is -0.350 e. The minimum atomic E-state index is -0.310. The number of anilines is 1. The second-order valence-corrected chi connectivity index (χ2v) is 4.77. The van der Waals surface area contributed by atoms with Gasteiger partial charge in [-0.2, -0.15) is 0 Å². The van der Waals surface area contributed by atoms with E-state index >= 15 is 0 Å². The Morgan fingerprint density at radius 3 is 2.62 bits per heavy atom. The molecule has 0 saturated heterocycles. The molecule has 0 aliphatic rings. The number of amides is 1. The summed E-state index contributed by atoms with van der Waals surface area (Å²) in [4.78, 5) is 12.1. The Bertz CT molecular complexity index is 763. The highest BCUT2D eigenvalue weighted by atomic mass is 16.5. The zero-order chi connectivity index (χ0) is 14.7. The molecule has 4 nitrogen and oxygen atoms in total. The summed E-state index contributed by atoms with van der Waals surface area (Å²) < 4.78 is 5.12. The first-order valence-corrected chi connectivity index (χ1v) is 6.62. The molecule has 1 heterocycles. The van der Waals surface area contributed by atoms with Crippen LogP contribution in [-0.4, -0.2) is 11.1 Å². The van der Waals surface area contributed by atoms with E-state index in [0.29, 0.717) is 5.69 Å². The van der Waals surface area contributed by atoms with Crippen molar-refractivity contribution >= 4 is 11.6 Å². The zero-order valence-corrected chi connectivity index (χ0v) is 11.5. The second-order valence-electron chi connectivity index (χ2n) is 4.77. The van der Waals surface area contributed by atoms with Crippen molar-refractivity contribution in [1.29, 1.82) is 0 Å². The Labute approximate surface area is 122 Å². The number of aromatic nitrogens is 1. The van der Waals surface area contributed by atoms with Gasteiger partial charge < -0.3 is 9.84 Å². The maximum Gasteiger partial charge on any atom is 0.294 e. The van der Waals surface area contributed by atoms with E-state index in [0.717, 1.165) is 16.8 Å². The van der Waals surface area contributed by atoms with Crippen molar-refractivity contribution in [3.8, 4) is 11.3 Å². The molecule has 21 heavy (non-hydrogen) atoms. The van der Waals surface area contributed by atoms with Gasteiger partial charge in [-0.15, -0.1) is 0 Å². The van der Waals surface area contributed by atoms with Crippen molar-refractivity contribution in [1.82, 2.24) is 5.16 Å². The maximum absolute atomic E-state index is 12.1. The number of carbonyl (C=O) groups is 1. The van der Waals surface area contributed by atoms with E-state index in [2.05, 4.69) is 10.5 Å². The smallest absolute Gasteiger partial charge is 0.294 e. The SMILES string of the molecule is Cc1cccc(NC(=O)c2cc(-c3ccccc3)no2)c1. The molecule has 0 bridgehead atoms. The van der Waals surface area contributed by atoms with Crippen LogP contribution in [0, 0.1) is 6.92 Å². The summed E-state index contributed by atoms with van der Waals surface area (Å²) in [7, 11) is 0. The predicted octanol–water partition coefficient (Wildman–Crippen LogP) is 3.90. The van der Waals surface area contributed by atoms with Gasteiger partial charge in [0.1, 0.15) is 5.69 Å². The number of hydrogen-bond acceptors (Lipinski definition) is 3. The number of rotatable bonds is 3. The summed E-state index contributed by atoms with van der Waals surface area (Å²) in [6.07, 6.45) is 0. The molecule has 104 valence electrons. The normalized spacial score (nSPS) is 10.3. The molecule has 1 N–H and O–H groups in total. The van der Waals surface area contributed by atoms with Crippen molar-refractivity contribution in [2.75, 3.05) is 5.32 Å². The van der Waals surface area contributed by atoms with E-state index in [1.807, 2.05) is 61.5 Å². The van der Waals surface area contributed by atoms with Crippen molar-refractivity contribution in [3.05, 3.63) is 72.0 Å². The highest BCUT2D eigenvalue weighted by molar-refractivity contribution is 6.02. The van der Waals surface area contributed by atoms with E-state index in [1.54, 1.807) is 6.07 Å². The summed E-state index contributed by atoms with van der Waals surface area (Å²) >= 11 is 0. The van der Waals surface area contributed by atoms with E-state index < -0.39 is 0 Å². The Morgan fingerprint density at radius 2 is 1.86 bits per heavy atom. The molecule has 3 aromatic rings. The van der Waals surface area contributed by atoms with Crippen LogP contribution in [0.2, 0.25) is 0 Å². The van der Waals surface area contributed by atoms with Gasteiger partial charge in [0.15, 0.2) is 0 Å². The van der Waals surface area contributed by atoms with Crippen LogP contribution in [0.25, 0.3) is 11.3 Å². The lowest BCUT2D eigenvalue weighted by Crippen LogP contribution is -2.10. The molecule has 4 heteroatoms. The summed E-state index contributed by atoms with van der Waals surface area (Å²) in [5.74, 6) is -0.120. The summed E-state index contributed by atoms with van der Waals surface area (Å²) in [5, 5.41) is 6.72. The summed E-state index contributed by atoms with van der Waals surface area (Å²) in [5.41, 5.74) is 3.37. The number of nitrogens with one attached hydrogen (secondary N) is 1. The first kappa shape index (κ1) is 13.1. The molecule has 1 aromatic heterocycles. The molecule has 1 amide bonds. The Balaban J connectivity index is 1.78. The molecule has 0 radical (unpaired) electrons. The topological polar surface area (TPSA) is 55.1 Å². The van der Waals surface area contributed by atoms with Crippen LogP contribution >= 0.6 is 0 Å². The fraction of sp³-hybridized carbons (Fsp3) is 0.0588. The largest absolute Gasteiger partial charge is 0.350 e. The van der Waals surface area contributed by atoms with Gasteiger partial charge in [-0.25, -0.2) is 0 Å². The van der Waals surface area contributed by atoms with Gasteiger partial charge in [-0.05, 0) is 24.6 Å². The van der Waals surface area contributed by atoms with Crippen molar-refractivity contribution < 1.29 is 9.32 Å². The fourth-order valence-corrected chi connectivity index (χ4v) is 2.04. The molecule has 0 aliphatic carbocycles. The monoisotopic (exact) mass is 278 g/mol. The van der Waals surface area contributed by atoms with Crippen LogP contribution in [0.15, 0.2) is 65.2 Å². The lowest BCUT2D eigenvalue weighted by atomic mass is 10.1. The number of hydrogen-bond donors (Lipinski definition) is 1. The zero-order valence-electron chi connectivity index (χ0n) is 11.5. The lowest BCUT2D eigenvalue weighted by Gasteiger charge is -2.02. The summed E-state index contributed by atoms with van der Waals surface area (Å²) in [6.45, 7) is 1.97. The maximum atomic E-state index is 12.1. The average Bonchev–Trinajstić information content (AvgIpc) is 2.98. The number of benzene rings is 2. The van der Waals surface area contributed by atoms with E-state index in [9.17, 15) is 4.79 Å². The third kappa shape index (κ3) is 3.00. The molecule has 0 fully saturated rings. The molecule has 2 aromatic carbocycles. The van der Waals surface area contributed by atoms with Gasteiger partial charge in [0, 0.05) is 17.3 Å². The van der Waals surface area contributed by atoms with Gasteiger partial charge in [-0.3, -0.25) is 4.79 Å². The lowest BCUT2D eigenvalue weighted by molar-refractivity contribution is 0.0988. The minimum absolute atomic E-state index is 0.190. The summed E-state index contributed by atoms with van der Waals surface area (Å²) in [6, 6.07) is 18.8. The second kappa shape index (κ2) is 5.63. The molecular formula is C17H14N2O2. The van der Waals surface area contributed by atoms with Crippen LogP contribution in [0.3, 0.4) is 0 Å². The third-order valence-electron chi connectivity index (χ3n) is 3.08. The Hall–Kier alpha value is -2.88.